The minimum Gasteiger partial charge on any atom is -0.357 e. The zero-order valence-corrected chi connectivity index (χ0v) is 14.4. The van der Waals surface area contributed by atoms with Crippen LogP contribution >= 0.6 is 35.7 Å². The average Bonchev–Trinajstić information content (AvgIpc) is 2.28. The molecule has 0 amide bonds. The van der Waals surface area contributed by atoms with E-state index in [-0.39, 0.29) is 24.0 Å². The smallest absolute Gasteiger partial charge is 0.193 e. The second kappa shape index (κ2) is 14.2. The molecule has 0 aliphatic heterocycles. The van der Waals surface area contributed by atoms with Gasteiger partial charge in [0.1, 0.15) is 0 Å². The maximum absolute atomic E-state index is 4.57. The summed E-state index contributed by atoms with van der Waals surface area (Å²) >= 11 is 1.83. The van der Waals surface area contributed by atoms with Gasteiger partial charge in [0.05, 0.1) is 6.54 Å². The van der Waals surface area contributed by atoms with E-state index < -0.39 is 0 Å². The van der Waals surface area contributed by atoms with Crippen molar-refractivity contribution < 1.29 is 0 Å². The number of hydrogen-bond donors (Lipinski definition) is 1. The van der Waals surface area contributed by atoms with E-state index in [2.05, 4.69) is 42.0 Å². The van der Waals surface area contributed by atoms with Gasteiger partial charge in [-0.05, 0) is 26.0 Å². The maximum Gasteiger partial charge on any atom is 0.193 e. The van der Waals surface area contributed by atoms with Crippen LogP contribution in [0.15, 0.2) is 17.6 Å². The molecule has 0 bridgehead atoms. The first-order valence-electron chi connectivity index (χ1n) is 5.85. The molecule has 0 aromatic rings. The summed E-state index contributed by atoms with van der Waals surface area (Å²) in [5, 5.41) is 3.31. The van der Waals surface area contributed by atoms with Crippen molar-refractivity contribution in [2.45, 2.75) is 19.8 Å². The molecule has 0 saturated carbocycles. The fraction of sp³-hybridized carbons (Fsp3) is 0.750. The molecule has 0 saturated heterocycles. The molecule has 0 aromatic carbocycles. The molecule has 0 heterocycles. The van der Waals surface area contributed by atoms with Gasteiger partial charge in [0.2, 0.25) is 0 Å². The summed E-state index contributed by atoms with van der Waals surface area (Å²) in [6.45, 7) is 8.66. The van der Waals surface area contributed by atoms with Gasteiger partial charge in [-0.3, -0.25) is 4.99 Å². The van der Waals surface area contributed by atoms with Crippen LogP contribution in [-0.4, -0.2) is 49.6 Å². The summed E-state index contributed by atoms with van der Waals surface area (Å²) in [4.78, 5) is 6.75. The van der Waals surface area contributed by atoms with Gasteiger partial charge >= 0.3 is 0 Å². The largest absolute Gasteiger partial charge is 0.357 e. The highest BCUT2D eigenvalue weighted by Gasteiger charge is 2.03. The van der Waals surface area contributed by atoms with Gasteiger partial charge in [0, 0.05) is 25.9 Å². The first-order chi connectivity index (χ1) is 7.76. The zero-order chi connectivity index (χ0) is 12.2. The number of nitrogens with zero attached hydrogens (tertiary/aromatic N) is 2. The molecule has 17 heavy (non-hydrogen) atoms. The van der Waals surface area contributed by atoms with Crippen molar-refractivity contribution in [3.63, 3.8) is 0 Å². The predicted molar refractivity (Wildman–Crippen MR) is 91.8 cm³/mol. The Labute approximate surface area is 128 Å². The molecule has 0 atom stereocenters. The summed E-state index contributed by atoms with van der Waals surface area (Å²) in [6, 6.07) is 0. The lowest BCUT2D eigenvalue weighted by Crippen LogP contribution is -2.39. The quantitative estimate of drug-likeness (QED) is 0.234. The SMILES string of the molecule is C=CCCCN(C)C(=NCCSC)NCC.I. The number of hydrogen-bond acceptors (Lipinski definition) is 2. The van der Waals surface area contributed by atoms with Gasteiger partial charge < -0.3 is 10.2 Å². The van der Waals surface area contributed by atoms with Crippen molar-refractivity contribution in [1.29, 1.82) is 0 Å². The second-order valence-corrected chi connectivity index (χ2v) is 4.57. The molecule has 0 aromatic heterocycles. The highest BCUT2D eigenvalue weighted by Crippen LogP contribution is 1.96. The van der Waals surface area contributed by atoms with Gasteiger partial charge in [-0.15, -0.1) is 30.6 Å². The Kier molecular flexibility index (Phi) is 16.2. The number of guanidine groups is 1. The standard InChI is InChI=1S/C12H25N3S.HI/c1-5-7-8-10-15(3)12(13-6-2)14-9-11-16-4;/h5H,1,6-11H2,2-4H3,(H,13,14);1H. The van der Waals surface area contributed by atoms with Crippen molar-refractivity contribution in [3.8, 4) is 0 Å². The first-order valence-corrected chi connectivity index (χ1v) is 7.24. The van der Waals surface area contributed by atoms with E-state index >= 15 is 0 Å². The Morgan fingerprint density at radius 3 is 2.76 bits per heavy atom. The molecule has 102 valence electrons. The van der Waals surface area contributed by atoms with Gasteiger partial charge in [0.15, 0.2) is 5.96 Å². The van der Waals surface area contributed by atoms with Crippen molar-refractivity contribution in [2.24, 2.45) is 4.99 Å². The molecule has 0 rings (SSSR count). The molecule has 3 nitrogen and oxygen atoms in total. The topological polar surface area (TPSA) is 27.6 Å². The molecule has 0 spiro atoms. The van der Waals surface area contributed by atoms with Crippen LogP contribution in [0.3, 0.4) is 0 Å². The van der Waals surface area contributed by atoms with E-state index in [1.807, 2.05) is 17.8 Å². The Hall–Kier alpha value is 0.0900. The summed E-state index contributed by atoms with van der Waals surface area (Å²) in [6.07, 6.45) is 6.27. The highest BCUT2D eigenvalue weighted by atomic mass is 127. The molecular weight excluding hydrogens is 345 g/mol. The van der Waals surface area contributed by atoms with E-state index in [4.69, 9.17) is 0 Å². The predicted octanol–water partition coefficient (Wildman–Crippen LogP) is 2.83. The fourth-order valence-electron chi connectivity index (χ4n) is 1.29. The normalized spacial score (nSPS) is 10.6. The van der Waals surface area contributed by atoms with Crippen molar-refractivity contribution in [3.05, 3.63) is 12.7 Å². The summed E-state index contributed by atoms with van der Waals surface area (Å²) < 4.78 is 0. The number of nitrogens with one attached hydrogen (secondary N) is 1. The van der Waals surface area contributed by atoms with Crippen LogP contribution < -0.4 is 5.32 Å². The minimum atomic E-state index is 0. The van der Waals surface area contributed by atoms with E-state index in [1.165, 1.54) is 0 Å². The van der Waals surface area contributed by atoms with Gasteiger partial charge in [-0.25, -0.2) is 0 Å². The minimum absolute atomic E-state index is 0. The van der Waals surface area contributed by atoms with Crippen LogP contribution in [0.4, 0.5) is 0 Å². The summed E-state index contributed by atoms with van der Waals surface area (Å²) in [5.74, 6) is 2.09. The Morgan fingerprint density at radius 2 is 2.24 bits per heavy atom. The molecule has 5 heteroatoms. The molecular formula is C12H26IN3S. The van der Waals surface area contributed by atoms with Crippen LogP contribution in [0.1, 0.15) is 19.8 Å². The van der Waals surface area contributed by atoms with E-state index in [9.17, 15) is 0 Å². The zero-order valence-electron chi connectivity index (χ0n) is 11.2. The van der Waals surface area contributed by atoms with Crippen LogP contribution in [-0.2, 0) is 0 Å². The van der Waals surface area contributed by atoms with E-state index in [1.54, 1.807) is 0 Å². The number of rotatable bonds is 8. The van der Waals surface area contributed by atoms with E-state index in [0.717, 1.165) is 44.2 Å². The fourth-order valence-corrected chi connectivity index (χ4v) is 1.57. The Morgan fingerprint density at radius 1 is 1.53 bits per heavy atom. The van der Waals surface area contributed by atoms with Gasteiger partial charge in [-0.2, -0.15) is 11.8 Å². The third kappa shape index (κ3) is 10.9. The molecule has 0 unspecified atom stereocenters. The lowest BCUT2D eigenvalue weighted by atomic mass is 10.3. The maximum atomic E-state index is 4.57. The monoisotopic (exact) mass is 371 g/mol. The van der Waals surface area contributed by atoms with Crippen molar-refractivity contribution >= 4 is 41.7 Å². The van der Waals surface area contributed by atoms with Gasteiger partial charge in [-0.1, -0.05) is 6.08 Å². The number of unbranched alkanes of at least 4 members (excludes halogenated alkanes) is 1. The van der Waals surface area contributed by atoms with E-state index in [0.29, 0.717) is 0 Å². The lowest BCUT2D eigenvalue weighted by molar-refractivity contribution is 0.470. The van der Waals surface area contributed by atoms with Crippen LogP contribution in [0, 0.1) is 0 Å². The highest BCUT2D eigenvalue weighted by molar-refractivity contribution is 14.0. The second-order valence-electron chi connectivity index (χ2n) is 3.58. The molecule has 1 N–H and O–H groups in total. The van der Waals surface area contributed by atoms with Crippen molar-refractivity contribution in [1.82, 2.24) is 10.2 Å². The summed E-state index contributed by atoms with van der Waals surface area (Å²) in [7, 11) is 2.09. The van der Waals surface area contributed by atoms with Crippen LogP contribution in [0.25, 0.3) is 0 Å². The molecule has 0 radical (unpaired) electrons. The van der Waals surface area contributed by atoms with Gasteiger partial charge in [0.25, 0.3) is 0 Å². The third-order valence-electron chi connectivity index (χ3n) is 2.16. The number of halogens is 1. The number of thioether (sulfide) groups is 1. The van der Waals surface area contributed by atoms with Crippen LogP contribution in [0.5, 0.6) is 0 Å². The molecule has 0 aliphatic rings. The lowest BCUT2D eigenvalue weighted by Gasteiger charge is -2.21. The van der Waals surface area contributed by atoms with Crippen LogP contribution in [0.2, 0.25) is 0 Å². The average molecular weight is 371 g/mol. The summed E-state index contributed by atoms with van der Waals surface area (Å²) in [5.41, 5.74) is 0. The van der Waals surface area contributed by atoms with Crippen molar-refractivity contribution in [2.75, 3.05) is 38.7 Å². The molecule has 0 aliphatic carbocycles. The number of allylic oxidation sites excluding steroid dienone is 1. The number of aliphatic imine (C=N–C) groups is 1. The third-order valence-corrected chi connectivity index (χ3v) is 2.75. The Bertz CT molecular complexity index is 210. The Balaban J connectivity index is 0. The molecule has 0 fully saturated rings. The first kappa shape index (κ1) is 19.4.